The van der Waals surface area contributed by atoms with E-state index in [2.05, 4.69) is 10.3 Å². The molecule has 0 aliphatic heterocycles. The lowest BCUT2D eigenvalue weighted by molar-refractivity contribution is -0.148. The summed E-state index contributed by atoms with van der Waals surface area (Å²) >= 11 is 12.0. The van der Waals surface area contributed by atoms with Gasteiger partial charge in [-0.3, -0.25) is 14.6 Å². The minimum atomic E-state index is -1.18. The van der Waals surface area contributed by atoms with Crippen LogP contribution in [0.3, 0.4) is 0 Å². The second kappa shape index (κ2) is 8.51. The van der Waals surface area contributed by atoms with Crippen LogP contribution in [-0.2, 0) is 9.53 Å². The first-order chi connectivity index (χ1) is 10.8. The highest BCUT2D eigenvalue weighted by Crippen LogP contribution is 2.32. The number of hydrogen-bond acceptors (Lipinski definition) is 5. The maximum atomic E-state index is 11.7. The highest BCUT2D eigenvalue weighted by atomic mass is 35.5. The Kier molecular flexibility index (Phi) is 7.01. The van der Waals surface area contributed by atoms with E-state index in [-0.39, 0.29) is 27.4 Å². The van der Waals surface area contributed by atoms with E-state index in [4.69, 9.17) is 33.2 Å². The number of esters is 1. The first kappa shape index (κ1) is 18.9. The van der Waals surface area contributed by atoms with Crippen LogP contribution in [0, 0.1) is 17.2 Å². The Bertz CT molecular complexity index is 681. The van der Waals surface area contributed by atoms with Crippen LogP contribution in [-0.4, -0.2) is 31.2 Å². The van der Waals surface area contributed by atoms with Gasteiger partial charge in [-0.15, -0.1) is 0 Å². The fourth-order valence-electron chi connectivity index (χ4n) is 1.58. The van der Waals surface area contributed by atoms with Crippen LogP contribution in [0.5, 0.6) is 0 Å². The molecule has 1 aromatic rings. The van der Waals surface area contributed by atoms with Crippen LogP contribution in [0.15, 0.2) is 17.1 Å². The normalized spacial score (nSPS) is 12.0. The summed E-state index contributed by atoms with van der Waals surface area (Å²) < 4.78 is 4.95. The van der Waals surface area contributed by atoms with E-state index in [9.17, 15) is 9.59 Å². The van der Waals surface area contributed by atoms with Crippen LogP contribution in [0.1, 0.15) is 24.2 Å². The maximum absolute atomic E-state index is 11.7. The van der Waals surface area contributed by atoms with Crippen molar-refractivity contribution in [3.05, 3.63) is 27.7 Å². The minimum Gasteiger partial charge on any atom is -0.462 e. The van der Waals surface area contributed by atoms with Crippen molar-refractivity contribution >= 4 is 47.0 Å². The third kappa shape index (κ3) is 5.23. The van der Waals surface area contributed by atoms with Crippen molar-refractivity contribution in [2.75, 3.05) is 7.05 Å². The van der Waals surface area contributed by atoms with Crippen molar-refractivity contribution in [3.63, 3.8) is 0 Å². The Morgan fingerprint density at radius 2 is 2.04 bits per heavy atom. The molecule has 1 atom stereocenters. The number of nitrogens with zero attached hydrogens (tertiary/aromatic N) is 2. The van der Waals surface area contributed by atoms with Gasteiger partial charge in [0.05, 0.1) is 28.4 Å². The molecule has 0 spiro atoms. The molecule has 0 fully saturated rings. The second-order valence-corrected chi connectivity index (χ2v) is 5.55. The van der Waals surface area contributed by atoms with Gasteiger partial charge in [-0.1, -0.05) is 23.2 Å². The fourth-order valence-corrected chi connectivity index (χ4v) is 2.03. The van der Waals surface area contributed by atoms with Gasteiger partial charge < -0.3 is 10.1 Å². The van der Waals surface area contributed by atoms with Gasteiger partial charge in [0.25, 0.3) is 5.91 Å². The van der Waals surface area contributed by atoms with E-state index < -0.39 is 17.8 Å². The number of hydrogen-bond donors (Lipinski definition) is 1. The summed E-state index contributed by atoms with van der Waals surface area (Å²) in [6.07, 6.45) is 0.761. The molecule has 8 heteroatoms. The Morgan fingerprint density at radius 3 is 2.57 bits per heavy atom. The van der Waals surface area contributed by atoms with Gasteiger partial charge in [-0.05, 0) is 26.0 Å². The number of nitriles is 1. The number of ether oxygens (including phenoxy) is 1. The largest absolute Gasteiger partial charge is 0.462 e. The monoisotopic (exact) mass is 355 g/mol. The third-order valence-electron chi connectivity index (χ3n) is 2.60. The molecule has 6 nitrogen and oxygen atoms in total. The standard InChI is InChI=1S/C15H15Cl2N3O3/c1-8(2)23-15(22)9(6-18)7-20-12-5-10(16)4-11(13(12)17)14(21)19-3/h4-5,7-9H,1-3H3,(H,19,21). The van der Waals surface area contributed by atoms with Crippen molar-refractivity contribution in [3.8, 4) is 6.07 Å². The van der Waals surface area contributed by atoms with Crippen LogP contribution in [0.4, 0.5) is 5.69 Å². The van der Waals surface area contributed by atoms with Gasteiger partial charge in [0, 0.05) is 18.3 Å². The summed E-state index contributed by atoms with van der Waals surface area (Å²) in [7, 11) is 1.45. The SMILES string of the molecule is CNC(=O)c1cc(Cl)cc(N=CC(C#N)C(=O)OC(C)C)c1Cl. The van der Waals surface area contributed by atoms with E-state index >= 15 is 0 Å². The van der Waals surface area contributed by atoms with Crippen LogP contribution < -0.4 is 5.32 Å². The van der Waals surface area contributed by atoms with Crippen molar-refractivity contribution in [2.45, 2.75) is 20.0 Å². The number of nitrogens with one attached hydrogen (secondary N) is 1. The average Bonchev–Trinajstić information content (AvgIpc) is 2.49. The number of rotatable bonds is 5. The number of amides is 1. The number of halogens is 2. The summed E-state index contributed by atoms with van der Waals surface area (Å²) in [6.45, 7) is 3.35. The van der Waals surface area contributed by atoms with Crippen LogP contribution >= 0.6 is 23.2 Å². The minimum absolute atomic E-state index is 0.0684. The molecule has 1 amide bonds. The fraction of sp³-hybridized carbons (Fsp3) is 0.333. The lowest BCUT2D eigenvalue weighted by Crippen LogP contribution is -2.21. The van der Waals surface area contributed by atoms with Crippen LogP contribution in [0.25, 0.3) is 0 Å². The molecule has 0 saturated heterocycles. The second-order valence-electron chi connectivity index (χ2n) is 4.74. The van der Waals surface area contributed by atoms with Crippen LogP contribution in [0.2, 0.25) is 10.0 Å². The van der Waals surface area contributed by atoms with E-state index in [1.807, 2.05) is 0 Å². The molecule has 0 aromatic heterocycles. The zero-order valence-corrected chi connectivity index (χ0v) is 14.3. The summed E-state index contributed by atoms with van der Waals surface area (Å²) in [5, 5.41) is 11.8. The molecule has 0 radical (unpaired) electrons. The predicted octanol–water partition coefficient (Wildman–Crippen LogP) is 3.15. The average molecular weight is 356 g/mol. The van der Waals surface area contributed by atoms with E-state index in [0.29, 0.717) is 0 Å². The summed E-state index contributed by atoms with van der Waals surface area (Å²) in [4.78, 5) is 27.4. The molecule has 0 saturated carbocycles. The Balaban J connectivity index is 3.12. The molecule has 1 unspecified atom stereocenters. The predicted molar refractivity (Wildman–Crippen MR) is 88.3 cm³/mol. The number of aliphatic imine (C=N–C) groups is 1. The molecular formula is C15H15Cl2N3O3. The molecule has 1 N–H and O–H groups in total. The molecule has 0 aliphatic rings. The lowest BCUT2D eigenvalue weighted by atomic mass is 10.1. The maximum Gasteiger partial charge on any atom is 0.329 e. The highest BCUT2D eigenvalue weighted by Gasteiger charge is 2.19. The van der Waals surface area contributed by atoms with Crippen molar-refractivity contribution in [1.29, 1.82) is 5.26 Å². The molecule has 0 bridgehead atoms. The van der Waals surface area contributed by atoms with Gasteiger partial charge in [0.2, 0.25) is 0 Å². The quantitative estimate of drug-likeness (QED) is 0.648. The van der Waals surface area contributed by atoms with Gasteiger partial charge in [-0.2, -0.15) is 5.26 Å². The Hall–Kier alpha value is -2.10. The molecule has 1 rings (SSSR count). The van der Waals surface area contributed by atoms with Crippen molar-refractivity contribution in [1.82, 2.24) is 5.32 Å². The highest BCUT2D eigenvalue weighted by molar-refractivity contribution is 6.38. The van der Waals surface area contributed by atoms with Crippen molar-refractivity contribution < 1.29 is 14.3 Å². The number of carbonyl (C=O) groups is 2. The first-order valence-electron chi connectivity index (χ1n) is 6.65. The zero-order chi connectivity index (χ0) is 17.6. The summed E-state index contributed by atoms with van der Waals surface area (Å²) in [5.41, 5.74) is 0.322. The molecule has 23 heavy (non-hydrogen) atoms. The molecule has 1 aromatic carbocycles. The lowest BCUT2D eigenvalue weighted by Gasteiger charge is -2.09. The Labute approximate surface area is 144 Å². The summed E-state index contributed by atoms with van der Waals surface area (Å²) in [6, 6.07) is 4.61. The van der Waals surface area contributed by atoms with E-state index in [0.717, 1.165) is 6.21 Å². The third-order valence-corrected chi connectivity index (χ3v) is 3.21. The van der Waals surface area contributed by atoms with Crippen molar-refractivity contribution in [2.24, 2.45) is 10.9 Å². The van der Waals surface area contributed by atoms with Gasteiger partial charge in [0.1, 0.15) is 0 Å². The topological polar surface area (TPSA) is 91.5 Å². The number of benzene rings is 1. The molecule has 122 valence electrons. The smallest absolute Gasteiger partial charge is 0.329 e. The van der Waals surface area contributed by atoms with Gasteiger partial charge >= 0.3 is 5.97 Å². The number of carbonyl (C=O) groups excluding carboxylic acids is 2. The molecular weight excluding hydrogens is 341 g/mol. The molecule has 0 aliphatic carbocycles. The zero-order valence-electron chi connectivity index (χ0n) is 12.8. The van der Waals surface area contributed by atoms with E-state index in [1.54, 1.807) is 19.9 Å². The first-order valence-corrected chi connectivity index (χ1v) is 7.41. The Morgan fingerprint density at radius 1 is 1.39 bits per heavy atom. The summed E-state index contributed by atoms with van der Waals surface area (Å²) in [5.74, 6) is -2.32. The van der Waals surface area contributed by atoms with Gasteiger partial charge in [0.15, 0.2) is 5.92 Å². The molecule has 0 heterocycles. The van der Waals surface area contributed by atoms with E-state index in [1.165, 1.54) is 19.2 Å². The van der Waals surface area contributed by atoms with Gasteiger partial charge in [-0.25, -0.2) is 0 Å².